The Kier molecular flexibility index (Phi) is 4.73. The molecule has 9 nitrogen and oxygen atoms in total. The molecular weight excluding hydrogens is 352 g/mol. The van der Waals surface area contributed by atoms with Gasteiger partial charge in [-0.3, -0.25) is 4.79 Å². The van der Waals surface area contributed by atoms with Gasteiger partial charge in [0.05, 0.1) is 6.54 Å². The summed E-state index contributed by atoms with van der Waals surface area (Å²) in [6.07, 6.45) is 0. The third-order valence-corrected chi connectivity index (χ3v) is 5.16. The van der Waals surface area contributed by atoms with Crippen molar-refractivity contribution >= 4 is 31.9 Å². The van der Waals surface area contributed by atoms with E-state index in [1.807, 2.05) is 0 Å². The summed E-state index contributed by atoms with van der Waals surface area (Å²) in [6.45, 7) is 2.32. The minimum atomic E-state index is -3.83. The second kappa shape index (κ2) is 6.16. The van der Waals surface area contributed by atoms with Crippen molar-refractivity contribution in [2.45, 2.75) is 5.03 Å². The highest BCUT2D eigenvalue weighted by molar-refractivity contribution is 9.10. The minimum Gasteiger partial charge on any atom is -0.339 e. The van der Waals surface area contributed by atoms with Crippen molar-refractivity contribution in [3.05, 3.63) is 4.60 Å². The number of carbonyl (C=O) groups is 1. The molecule has 0 atom stereocenters. The van der Waals surface area contributed by atoms with Crippen molar-refractivity contribution in [3.63, 3.8) is 0 Å². The highest BCUT2D eigenvalue weighted by atomic mass is 79.9. The number of sulfonamides is 1. The fourth-order valence-corrected chi connectivity index (χ4v) is 3.92. The lowest BCUT2D eigenvalue weighted by molar-refractivity contribution is -0.130. The Hall–Kier alpha value is -1.04. The molecule has 1 fully saturated rings. The highest BCUT2D eigenvalue weighted by Gasteiger charge is 2.25. The summed E-state index contributed by atoms with van der Waals surface area (Å²) in [7, 11) is -2.37. The fourth-order valence-electron chi connectivity index (χ4n) is 1.86. The molecule has 0 saturated carbocycles. The number of hydrogen-bond acceptors (Lipinski definition) is 6. The molecule has 1 aromatic rings. The monoisotopic (exact) mass is 366 g/mol. The smallest absolute Gasteiger partial charge is 0.261 e. The van der Waals surface area contributed by atoms with E-state index in [1.165, 1.54) is 7.05 Å². The summed E-state index contributed by atoms with van der Waals surface area (Å²) in [5.74, 6) is -0.249. The zero-order chi connectivity index (χ0) is 14.8. The lowest BCUT2D eigenvalue weighted by atomic mass is 10.3. The predicted octanol–water partition coefficient (Wildman–Crippen LogP) is -1.71. The third kappa shape index (κ3) is 3.34. The van der Waals surface area contributed by atoms with Gasteiger partial charge in [0.1, 0.15) is 0 Å². The molecular formula is C9H15BrN6O3S. The van der Waals surface area contributed by atoms with E-state index in [2.05, 4.69) is 36.3 Å². The maximum Gasteiger partial charge on any atom is 0.261 e. The summed E-state index contributed by atoms with van der Waals surface area (Å²) < 4.78 is 27.7. The summed E-state index contributed by atoms with van der Waals surface area (Å²) >= 11 is 3.02. The molecule has 11 heteroatoms. The Morgan fingerprint density at radius 1 is 1.45 bits per heavy atom. The van der Waals surface area contributed by atoms with Gasteiger partial charge in [0, 0.05) is 33.2 Å². The third-order valence-electron chi connectivity index (χ3n) is 2.87. The van der Waals surface area contributed by atoms with Crippen molar-refractivity contribution in [2.75, 3.05) is 32.7 Å². The average molecular weight is 367 g/mol. The van der Waals surface area contributed by atoms with Crippen molar-refractivity contribution in [1.82, 2.24) is 29.9 Å². The zero-order valence-corrected chi connectivity index (χ0v) is 13.2. The van der Waals surface area contributed by atoms with Gasteiger partial charge >= 0.3 is 0 Å². The van der Waals surface area contributed by atoms with Crippen molar-refractivity contribution in [1.29, 1.82) is 0 Å². The summed E-state index contributed by atoms with van der Waals surface area (Å²) in [5, 5.41) is 10.2. The number of hydrogen-bond donors (Lipinski definition) is 2. The van der Waals surface area contributed by atoms with Gasteiger partial charge in [-0.1, -0.05) is 5.21 Å². The van der Waals surface area contributed by atoms with Gasteiger partial charge in [-0.15, -0.1) is 5.10 Å². The predicted molar refractivity (Wildman–Crippen MR) is 73.3 cm³/mol. The standard InChI is InChI=1S/C9H15BrN6O3S/c1-15-9(8(10)13-14-15)20(18,19)12-6-7(17)16-4-2-11-3-5-16/h11-12H,2-6H2,1H3. The van der Waals surface area contributed by atoms with E-state index in [4.69, 9.17) is 0 Å². The number of amides is 1. The van der Waals surface area contributed by atoms with Crippen molar-refractivity contribution < 1.29 is 13.2 Å². The van der Waals surface area contributed by atoms with Crippen molar-refractivity contribution in [3.8, 4) is 0 Å². The minimum absolute atomic E-state index is 0.106. The second-order valence-corrected chi connectivity index (χ2v) is 6.70. The highest BCUT2D eigenvalue weighted by Crippen LogP contribution is 2.17. The van der Waals surface area contributed by atoms with E-state index in [0.717, 1.165) is 17.8 Å². The Morgan fingerprint density at radius 2 is 2.10 bits per heavy atom. The molecule has 20 heavy (non-hydrogen) atoms. The number of aryl methyl sites for hydroxylation is 1. The molecule has 1 aliphatic rings. The second-order valence-electron chi connectivity index (χ2n) is 4.26. The molecule has 1 aliphatic heterocycles. The Labute approximate surface area is 124 Å². The molecule has 1 amide bonds. The number of piperazine rings is 1. The fraction of sp³-hybridized carbons (Fsp3) is 0.667. The van der Waals surface area contributed by atoms with Crippen LogP contribution in [0.2, 0.25) is 0 Å². The van der Waals surface area contributed by atoms with Crippen LogP contribution in [0.15, 0.2) is 9.63 Å². The maximum atomic E-state index is 12.1. The first kappa shape index (κ1) is 15.4. The SMILES string of the molecule is Cn1nnc(Br)c1S(=O)(=O)NCC(=O)N1CCNCC1. The topological polar surface area (TPSA) is 109 Å². The number of nitrogens with one attached hydrogen (secondary N) is 2. The van der Waals surface area contributed by atoms with Gasteiger partial charge in [-0.05, 0) is 15.9 Å². The molecule has 0 spiro atoms. The number of nitrogens with zero attached hydrogens (tertiary/aromatic N) is 4. The molecule has 1 saturated heterocycles. The molecule has 0 radical (unpaired) electrons. The van der Waals surface area contributed by atoms with Crippen LogP contribution in [0.25, 0.3) is 0 Å². The van der Waals surface area contributed by atoms with Crippen LogP contribution in [-0.2, 0) is 21.9 Å². The number of carbonyl (C=O) groups excluding carboxylic acids is 1. The van der Waals surface area contributed by atoms with E-state index < -0.39 is 10.0 Å². The van der Waals surface area contributed by atoms with Gasteiger partial charge < -0.3 is 10.2 Å². The van der Waals surface area contributed by atoms with Crippen LogP contribution in [0, 0.1) is 0 Å². The van der Waals surface area contributed by atoms with Crippen LogP contribution < -0.4 is 10.0 Å². The first-order valence-electron chi connectivity index (χ1n) is 5.95. The lowest BCUT2D eigenvalue weighted by Crippen LogP contribution is -2.49. The molecule has 0 aliphatic carbocycles. The van der Waals surface area contributed by atoms with Crippen LogP contribution in [0.5, 0.6) is 0 Å². The molecule has 112 valence electrons. The average Bonchev–Trinajstić information content (AvgIpc) is 2.77. The van der Waals surface area contributed by atoms with Crippen LogP contribution in [0.3, 0.4) is 0 Å². The van der Waals surface area contributed by atoms with Gasteiger partial charge in [0.15, 0.2) is 4.60 Å². The lowest BCUT2D eigenvalue weighted by Gasteiger charge is -2.27. The first-order valence-corrected chi connectivity index (χ1v) is 8.23. The van der Waals surface area contributed by atoms with E-state index in [1.54, 1.807) is 4.90 Å². The quantitative estimate of drug-likeness (QED) is 0.656. The molecule has 2 N–H and O–H groups in total. The van der Waals surface area contributed by atoms with Crippen LogP contribution in [0.1, 0.15) is 0 Å². The summed E-state index contributed by atoms with van der Waals surface area (Å²) in [5.41, 5.74) is 0. The summed E-state index contributed by atoms with van der Waals surface area (Å²) in [6, 6.07) is 0. The maximum absolute atomic E-state index is 12.1. The molecule has 1 aromatic heterocycles. The van der Waals surface area contributed by atoms with Gasteiger partial charge in [-0.25, -0.2) is 17.8 Å². The zero-order valence-electron chi connectivity index (χ0n) is 10.8. The van der Waals surface area contributed by atoms with Gasteiger partial charge in [-0.2, -0.15) is 0 Å². The number of aromatic nitrogens is 3. The Morgan fingerprint density at radius 3 is 2.65 bits per heavy atom. The van der Waals surface area contributed by atoms with E-state index in [-0.39, 0.29) is 22.1 Å². The van der Waals surface area contributed by atoms with Gasteiger partial charge in [0.2, 0.25) is 10.9 Å². The van der Waals surface area contributed by atoms with Crippen LogP contribution in [0.4, 0.5) is 0 Å². The normalized spacial score (nSPS) is 16.4. The molecule has 0 aromatic carbocycles. The Bertz CT molecular complexity index is 575. The summed E-state index contributed by atoms with van der Waals surface area (Å²) in [4.78, 5) is 13.5. The molecule has 2 rings (SSSR count). The molecule has 2 heterocycles. The van der Waals surface area contributed by atoms with E-state index in [0.29, 0.717) is 13.1 Å². The number of halogens is 1. The first-order chi connectivity index (χ1) is 9.42. The molecule has 0 bridgehead atoms. The number of rotatable bonds is 4. The molecule has 0 unspecified atom stereocenters. The van der Waals surface area contributed by atoms with E-state index >= 15 is 0 Å². The Balaban J connectivity index is 2.01. The van der Waals surface area contributed by atoms with E-state index in [9.17, 15) is 13.2 Å². The van der Waals surface area contributed by atoms with Crippen LogP contribution in [-0.4, -0.2) is 66.9 Å². The van der Waals surface area contributed by atoms with Crippen LogP contribution >= 0.6 is 15.9 Å². The largest absolute Gasteiger partial charge is 0.339 e. The van der Waals surface area contributed by atoms with Crippen molar-refractivity contribution in [2.24, 2.45) is 7.05 Å². The van der Waals surface area contributed by atoms with Gasteiger partial charge in [0.25, 0.3) is 10.0 Å².